The smallest absolute Gasteiger partial charge is 0.270 e. The molecule has 2 aliphatic heterocycles. The number of piperidine rings is 1. The zero-order chi connectivity index (χ0) is 13.7. The van der Waals surface area contributed by atoms with Gasteiger partial charge < -0.3 is 14.6 Å². The summed E-state index contributed by atoms with van der Waals surface area (Å²) in [6.45, 7) is 3.26. The summed E-state index contributed by atoms with van der Waals surface area (Å²) in [5.74, 6) is 0.508. The fourth-order valence-electron chi connectivity index (χ4n) is 3.29. The molecular formula is C14H15ClN4O. The van der Waals surface area contributed by atoms with Crippen LogP contribution in [0.15, 0.2) is 24.7 Å². The van der Waals surface area contributed by atoms with Crippen molar-refractivity contribution in [1.82, 2.24) is 19.6 Å². The van der Waals surface area contributed by atoms with Crippen LogP contribution in [0, 0.1) is 5.92 Å². The minimum atomic E-state index is -0.0939. The molecule has 3 atom stereocenters. The van der Waals surface area contributed by atoms with Crippen LogP contribution in [-0.4, -0.2) is 45.9 Å². The second kappa shape index (κ2) is 4.46. The molecule has 1 amide bonds. The minimum absolute atomic E-state index is 0.0939. The number of halogens is 1. The minimum Gasteiger partial charge on any atom is -0.346 e. The number of amides is 1. The second-order valence-corrected chi connectivity index (χ2v) is 6.09. The van der Waals surface area contributed by atoms with Crippen molar-refractivity contribution in [1.29, 1.82) is 0 Å². The maximum absolute atomic E-state index is 12.3. The predicted octanol–water partition coefficient (Wildman–Crippen LogP) is 1.42. The van der Waals surface area contributed by atoms with Gasteiger partial charge in [-0.1, -0.05) is 11.6 Å². The molecule has 2 aromatic rings. The van der Waals surface area contributed by atoms with Crippen LogP contribution >= 0.6 is 11.6 Å². The first-order chi connectivity index (χ1) is 9.69. The summed E-state index contributed by atoms with van der Waals surface area (Å²) in [7, 11) is 0. The summed E-state index contributed by atoms with van der Waals surface area (Å²) in [5.41, 5.74) is 1.33. The summed E-state index contributed by atoms with van der Waals surface area (Å²) in [5, 5.41) is 3.76. The number of nitrogens with zero attached hydrogens (tertiary/aromatic N) is 3. The highest BCUT2D eigenvalue weighted by molar-refractivity contribution is 6.31. The molecule has 0 aromatic carbocycles. The van der Waals surface area contributed by atoms with Crippen molar-refractivity contribution in [2.24, 2.45) is 5.92 Å². The highest BCUT2D eigenvalue weighted by atomic mass is 35.5. The molecule has 104 valence electrons. The van der Waals surface area contributed by atoms with Gasteiger partial charge in [0.2, 0.25) is 0 Å². The quantitative estimate of drug-likeness (QED) is 0.910. The van der Waals surface area contributed by atoms with E-state index in [2.05, 4.69) is 15.2 Å². The molecule has 2 aliphatic rings. The molecule has 4 heterocycles. The van der Waals surface area contributed by atoms with Crippen LogP contribution in [0.1, 0.15) is 16.9 Å². The van der Waals surface area contributed by atoms with Gasteiger partial charge in [0, 0.05) is 25.3 Å². The normalized spacial score (nSPS) is 28.1. The van der Waals surface area contributed by atoms with Gasteiger partial charge in [-0.2, -0.15) is 0 Å². The topological polar surface area (TPSA) is 49.6 Å². The fourth-order valence-corrected chi connectivity index (χ4v) is 3.51. The van der Waals surface area contributed by atoms with E-state index >= 15 is 0 Å². The van der Waals surface area contributed by atoms with Gasteiger partial charge in [-0.3, -0.25) is 4.79 Å². The van der Waals surface area contributed by atoms with E-state index in [1.807, 2.05) is 10.5 Å². The monoisotopic (exact) mass is 290 g/mol. The molecule has 0 saturated carbocycles. The summed E-state index contributed by atoms with van der Waals surface area (Å²) in [6, 6.07) is 3.86. The van der Waals surface area contributed by atoms with Crippen LogP contribution in [0.5, 0.6) is 0 Å². The van der Waals surface area contributed by atoms with Crippen LogP contribution in [0.4, 0.5) is 0 Å². The molecule has 2 unspecified atom stereocenters. The predicted molar refractivity (Wildman–Crippen MR) is 76.0 cm³/mol. The van der Waals surface area contributed by atoms with Crippen molar-refractivity contribution in [3.8, 4) is 0 Å². The second-order valence-electron chi connectivity index (χ2n) is 5.65. The zero-order valence-corrected chi connectivity index (χ0v) is 11.7. The number of hydrogen-bond acceptors (Lipinski definition) is 3. The van der Waals surface area contributed by atoms with Gasteiger partial charge in [-0.25, -0.2) is 4.98 Å². The number of nitrogens with one attached hydrogen (secondary N) is 1. The van der Waals surface area contributed by atoms with E-state index in [1.165, 1.54) is 13.0 Å². The third-order valence-corrected chi connectivity index (χ3v) is 4.54. The Hall–Kier alpha value is -1.59. The van der Waals surface area contributed by atoms with E-state index in [1.54, 1.807) is 18.6 Å². The van der Waals surface area contributed by atoms with Gasteiger partial charge in [0.1, 0.15) is 12.0 Å². The Kier molecular flexibility index (Phi) is 2.72. The van der Waals surface area contributed by atoms with Crippen molar-refractivity contribution in [3.63, 3.8) is 0 Å². The third-order valence-electron chi connectivity index (χ3n) is 4.33. The maximum Gasteiger partial charge on any atom is 0.270 e. The molecule has 20 heavy (non-hydrogen) atoms. The number of carbonyl (C=O) groups is 1. The molecule has 0 radical (unpaired) electrons. The van der Waals surface area contributed by atoms with Crippen LogP contribution in [0.25, 0.3) is 5.52 Å². The molecule has 0 spiro atoms. The molecule has 4 rings (SSSR count). The van der Waals surface area contributed by atoms with Gasteiger partial charge >= 0.3 is 0 Å². The number of hydrogen-bond donors (Lipinski definition) is 1. The molecule has 2 fully saturated rings. The third kappa shape index (κ3) is 1.98. The average Bonchev–Trinajstić information content (AvgIpc) is 3.10. The molecule has 1 N–H and O–H groups in total. The lowest BCUT2D eigenvalue weighted by Crippen LogP contribution is -2.43. The Bertz CT molecular complexity index is 683. The standard InChI is InChI=1S/C14H15ClN4O/c15-10-3-11-4-12(16-8-19(11)6-10)14(20)17-13-7-18-2-1-9(13)5-18/h3-4,6,8-9,13H,1-2,5,7H2,(H,17,20)/t9-,13?/m0/s1. The Labute approximate surface area is 121 Å². The van der Waals surface area contributed by atoms with E-state index in [0.29, 0.717) is 16.6 Å². The number of carbonyl (C=O) groups excluding carboxylic acids is 1. The van der Waals surface area contributed by atoms with Crippen molar-refractivity contribution in [2.75, 3.05) is 19.6 Å². The van der Waals surface area contributed by atoms with E-state index in [9.17, 15) is 4.79 Å². The lowest BCUT2D eigenvalue weighted by molar-refractivity contribution is 0.0919. The molecule has 6 heteroatoms. The Morgan fingerprint density at radius 2 is 2.30 bits per heavy atom. The molecule has 5 nitrogen and oxygen atoms in total. The van der Waals surface area contributed by atoms with Crippen LogP contribution in [-0.2, 0) is 0 Å². The van der Waals surface area contributed by atoms with Crippen molar-refractivity contribution in [3.05, 3.63) is 35.4 Å². The van der Waals surface area contributed by atoms with Crippen LogP contribution in [0.3, 0.4) is 0 Å². The van der Waals surface area contributed by atoms with Gasteiger partial charge in [0.15, 0.2) is 0 Å². The summed E-state index contributed by atoms with van der Waals surface area (Å²) >= 11 is 5.94. The molecule has 2 bridgehead atoms. The van der Waals surface area contributed by atoms with E-state index < -0.39 is 0 Å². The molecule has 2 aromatic heterocycles. The number of fused-ring (bicyclic) bond motifs is 3. The Morgan fingerprint density at radius 3 is 3.05 bits per heavy atom. The zero-order valence-electron chi connectivity index (χ0n) is 10.9. The first-order valence-corrected chi connectivity index (χ1v) is 7.23. The van der Waals surface area contributed by atoms with Gasteiger partial charge in [0.05, 0.1) is 10.5 Å². The number of rotatable bonds is 2. The van der Waals surface area contributed by atoms with Crippen LogP contribution < -0.4 is 5.32 Å². The molecule has 0 aliphatic carbocycles. The average molecular weight is 291 g/mol. The van der Waals surface area contributed by atoms with Crippen molar-refractivity contribution < 1.29 is 4.79 Å². The van der Waals surface area contributed by atoms with Crippen molar-refractivity contribution in [2.45, 2.75) is 12.5 Å². The fraction of sp³-hybridized carbons (Fsp3) is 0.429. The lowest BCUT2D eigenvalue weighted by Gasteiger charge is -2.22. The SMILES string of the molecule is O=C(NC1CN2CC[C@H]1C2)c1cc2cc(Cl)cn2cn1. The summed E-state index contributed by atoms with van der Waals surface area (Å²) in [6.07, 6.45) is 4.58. The molecular weight excluding hydrogens is 276 g/mol. The van der Waals surface area contributed by atoms with Gasteiger partial charge in [-0.05, 0) is 31.0 Å². The summed E-state index contributed by atoms with van der Waals surface area (Å²) < 4.78 is 1.81. The van der Waals surface area contributed by atoms with E-state index in [-0.39, 0.29) is 11.9 Å². The maximum atomic E-state index is 12.3. The largest absolute Gasteiger partial charge is 0.346 e. The van der Waals surface area contributed by atoms with Gasteiger partial charge in [0.25, 0.3) is 5.91 Å². The lowest BCUT2D eigenvalue weighted by atomic mass is 10.00. The van der Waals surface area contributed by atoms with Crippen molar-refractivity contribution >= 4 is 23.0 Å². The Morgan fingerprint density at radius 1 is 1.40 bits per heavy atom. The van der Waals surface area contributed by atoms with E-state index in [0.717, 1.165) is 18.6 Å². The first kappa shape index (κ1) is 12.2. The summed E-state index contributed by atoms with van der Waals surface area (Å²) in [4.78, 5) is 18.9. The van der Waals surface area contributed by atoms with Crippen LogP contribution in [0.2, 0.25) is 5.02 Å². The Balaban J connectivity index is 1.54. The first-order valence-electron chi connectivity index (χ1n) is 6.85. The molecule has 2 saturated heterocycles. The van der Waals surface area contributed by atoms with E-state index in [4.69, 9.17) is 11.6 Å². The number of aromatic nitrogens is 2. The highest BCUT2D eigenvalue weighted by Crippen LogP contribution is 2.27. The highest BCUT2D eigenvalue weighted by Gasteiger charge is 2.38. The van der Waals surface area contributed by atoms with Gasteiger partial charge in [-0.15, -0.1) is 0 Å².